The van der Waals surface area contributed by atoms with Crippen molar-refractivity contribution in [3.63, 3.8) is 0 Å². The number of hydrogen-bond acceptors (Lipinski definition) is 2. The predicted molar refractivity (Wildman–Crippen MR) is 96.1 cm³/mol. The second-order valence-corrected chi connectivity index (χ2v) is 6.02. The average Bonchev–Trinajstić information content (AvgIpc) is 3.07. The molecular formula is C17H25ClN4O. The van der Waals surface area contributed by atoms with Crippen LogP contribution in [0, 0.1) is 0 Å². The average molecular weight is 337 g/mol. The summed E-state index contributed by atoms with van der Waals surface area (Å²) in [6, 6.07) is 7.13. The van der Waals surface area contributed by atoms with Gasteiger partial charge in [-0.05, 0) is 50.5 Å². The normalized spacial score (nSPS) is 14.9. The standard InChI is InChI=1S/C17H25ClN4O/c1-2-19-17(22-12-3-4-13-22)20-11-5-6-16(23)21-15-9-7-14(18)8-10-15/h7-10H,2-6,11-13H2,1H3,(H,19,20)(H,21,23). The second kappa shape index (κ2) is 9.40. The Kier molecular flexibility index (Phi) is 7.20. The van der Waals surface area contributed by atoms with Gasteiger partial charge in [0.2, 0.25) is 5.91 Å². The molecule has 0 aliphatic carbocycles. The highest BCUT2D eigenvalue weighted by Gasteiger charge is 2.15. The number of aliphatic imine (C=N–C) groups is 1. The zero-order chi connectivity index (χ0) is 16.5. The van der Waals surface area contributed by atoms with Crippen molar-refractivity contribution >= 4 is 29.2 Å². The minimum Gasteiger partial charge on any atom is -0.357 e. The van der Waals surface area contributed by atoms with Gasteiger partial charge in [-0.15, -0.1) is 0 Å². The topological polar surface area (TPSA) is 56.7 Å². The molecule has 2 rings (SSSR count). The first-order chi connectivity index (χ1) is 11.2. The molecule has 5 nitrogen and oxygen atoms in total. The first kappa shape index (κ1) is 17.6. The van der Waals surface area contributed by atoms with Crippen molar-refractivity contribution in [1.82, 2.24) is 10.2 Å². The van der Waals surface area contributed by atoms with Crippen molar-refractivity contribution in [2.24, 2.45) is 4.99 Å². The van der Waals surface area contributed by atoms with Gasteiger partial charge in [0.1, 0.15) is 0 Å². The van der Waals surface area contributed by atoms with Gasteiger partial charge in [-0.1, -0.05) is 11.6 Å². The van der Waals surface area contributed by atoms with Crippen LogP contribution in [0.4, 0.5) is 5.69 Å². The lowest BCUT2D eigenvalue weighted by Gasteiger charge is -2.20. The fraction of sp³-hybridized carbons (Fsp3) is 0.529. The van der Waals surface area contributed by atoms with Crippen molar-refractivity contribution in [2.45, 2.75) is 32.6 Å². The van der Waals surface area contributed by atoms with Crippen molar-refractivity contribution in [3.05, 3.63) is 29.3 Å². The Morgan fingerprint density at radius 1 is 1.26 bits per heavy atom. The zero-order valence-electron chi connectivity index (χ0n) is 13.6. The van der Waals surface area contributed by atoms with E-state index in [1.807, 2.05) is 0 Å². The third kappa shape index (κ3) is 6.10. The monoisotopic (exact) mass is 336 g/mol. The summed E-state index contributed by atoms with van der Waals surface area (Å²) < 4.78 is 0. The number of nitrogens with one attached hydrogen (secondary N) is 2. The van der Waals surface area contributed by atoms with Gasteiger partial charge in [0.05, 0.1) is 0 Å². The van der Waals surface area contributed by atoms with Crippen molar-refractivity contribution in [2.75, 3.05) is 31.5 Å². The van der Waals surface area contributed by atoms with Gasteiger partial charge in [-0.3, -0.25) is 9.79 Å². The zero-order valence-corrected chi connectivity index (χ0v) is 14.4. The van der Waals surface area contributed by atoms with Gasteiger partial charge in [0.15, 0.2) is 5.96 Å². The van der Waals surface area contributed by atoms with Crippen LogP contribution >= 0.6 is 11.6 Å². The van der Waals surface area contributed by atoms with Crippen LogP contribution < -0.4 is 10.6 Å². The van der Waals surface area contributed by atoms with E-state index < -0.39 is 0 Å². The minimum atomic E-state index is 0.00805. The summed E-state index contributed by atoms with van der Waals surface area (Å²) in [7, 11) is 0. The number of likely N-dealkylation sites (tertiary alicyclic amines) is 1. The van der Waals surface area contributed by atoms with Crippen LogP contribution in [-0.4, -0.2) is 42.9 Å². The Bertz CT molecular complexity index is 524. The molecule has 1 aromatic carbocycles. The van der Waals surface area contributed by atoms with E-state index in [0.29, 0.717) is 18.0 Å². The van der Waals surface area contributed by atoms with E-state index >= 15 is 0 Å². The van der Waals surface area contributed by atoms with E-state index in [9.17, 15) is 4.79 Å². The lowest BCUT2D eigenvalue weighted by molar-refractivity contribution is -0.116. The fourth-order valence-corrected chi connectivity index (χ4v) is 2.66. The molecule has 1 fully saturated rings. The molecule has 23 heavy (non-hydrogen) atoms. The van der Waals surface area contributed by atoms with E-state index in [-0.39, 0.29) is 5.91 Å². The van der Waals surface area contributed by atoms with Crippen LogP contribution in [0.3, 0.4) is 0 Å². The Morgan fingerprint density at radius 3 is 2.61 bits per heavy atom. The number of guanidine groups is 1. The molecule has 0 unspecified atom stereocenters. The fourth-order valence-electron chi connectivity index (χ4n) is 2.54. The highest BCUT2D eigenvalue weighted by Crippen LogP contribution is 2.13. The molecule has 0 saturated carbocycles. The number of halogens is 1. The van der Waals surface area contributed by atoms with Gasteiger partial charge in [-0.2, -0.15) is 0 Å². The maximum atomic E-state index is 11.9. The maximum absolute atomic E-state index is 11.9. The molecular weight excluding hydrogens is 312 g/mol. The van der Waals surface area contributed by atoms with Gasteiger partial charge >= 0.3 is 0 Å². The summed E-state index contributed by atoms with van der Waals surface area (Å²) in [6.07, 6.45) is 3.66. The van der Waals surface area contributed by atoms with E-state index in [2.05, 4.69) is 27.4 Å². The molecule has 0 aromatic heterocycles. The first-order valence-electron chi connectivity index (χ1n) is 8.27. The largest absolute Gasteiger partial charge is 0.357 e. The molecule has 0 spiro atoms. The number of carbonyl (C=O) groups is 1. The summed E-state index contributed by atoms with van der Waals surface area (Å²) in [6.45, 7) is 5.75. The van der Waals surface area contributed by atoms with Crippen LogP contribution in [0.5, 0.6) is 0 Å². The maximum Gasteiger partial charge on any atom is 0.224 e. The van der Waals surface area contributed by atoms with Gasteiger partial charge in [0.25, 0.3) is 0 Å². The van der Waals surface area contributed by atoms with E-state index in [4.69, 9.17) is 11.6 Å². The molecule has 1 aliphatic rings. The van der Waals surface area contributed by atoms with Crippen LogP contribution in [0.2, 0.25) is 5.02 Å². The minimum absolute atomic E-state index is 0.00805. The van der Waals surface area contributed by atoms with Crippen LogP contribution in [0.1, 0.15) is 32.6 Å². The molecule has 126 valence electrons. The molecule has 0 atom stereocenters. The van der Waals surface area contributed by atoms with Gasteiger partial charge < -0.3 is 15.5 Å². The van der Waals surface area contributed by atoms with E-state index in [0.717, 1.165) is 37.7 Å². The van der Waals surface area contributed by atoms with Crippen LogP contribution in [0.15, 0.2) is 29.3 Å². The third-order valence-corrected chi connectivity index (χ3v) is 3.94. The number of benzene rings is 1. The smallest absolute Gasteiger partial charge is 0.224 e. The first-order valence-corrected chi connectivity index (χ1v) is 8.65. The molecule has 6 heteroatoms. The Morgan fingerprint density at radius 2 is 1.96 bits per heavy atom. The lowest BCUT2D eigenvalue weighted by atomic mass is 10.2. The highest BCUT2D eigenvalue weighted by molar-refractivity contribution is 6.30. The van der Waals surface area contributed by atoms with Crippen molar-refractivity contribution in [1.29, 1.82) is 0 Å². The molecule has 1 amide bonds. The SMILES string of the molecule is CCNC(=NCCCC(=O)Nc1ccc(Cl)cc1)N1CCCC1. The number of rotatable bonds is 6. The van der Waals surface area contributed by atoms with Gasteiger partial charge in [-0.25, -0.2) is 0 Å². The molecule has 0 radical (unpaired) electrons. The molecule has 2 N–H and O–H groups in total. The molecule has 0 bridgehead atoms. The second-order valence-electron chi connectivity index (χ2n) is 5.59. The van der Waals surface area contributed by atoms with Crippen LogP contribution in [-0.2, 0) is 4.79 Å². The predicted octanol–water partition coefficient (Wildman–Crippen LogP) is 3.12. The van der Waals surface area contributed by atoms with Crippen molar-refractivity contribution < 1.29 is 4.79 Å². The number of anilines is 1. The summed E-state index contributed by atoms with van der Waals surface area (Å²) in [5.41, 5.74) is 0.772. The Hall–Kier alpha value is -1.75. The molecule has 1 aliphatic heterocycles. The lowest BCUT2D eigenvalue weighted by Crippen LogP contribution is -2.39. The van der Waals surface area contributed by atoms with Crippen LogP contribution in [0.25, 0.3) is 0 Å². The van der Waals surface area contributed by atoms with E-state index in [1.165, 1.54) is 12.8 Å². The molecule has 1 heterocycles. The molecule has 1 aromatic rings. The summed E-state index contributed by atoms with van der Waals surface area (Å²) in [4.78, 5) is 18.8. The summed E-state index contributed by atoms with van der Waals surface area (Å²) >= 11 is 5.82. The number of amides is 1. The highest BCUT2D eigenvalue weighted by atomic mass is 35.5. The van der Waals surface area contributed by atoms with E-state index in [1.54, 1.807) is 24.3 Å². The summed E-state index contributed by atoms with van der Waals surface area (Å²) in [5, 5.41) is 6.85. The summed E-state index contributed by atoms with van der Waals surface area (Å²) in [5.74, 6) is 0.983. The number of carbonyl (C=O) groups excluding carboxylic acids is 1. The number of nitrogens with zero attached hydrogens (tertiary/aromatic N) is 2. The van der Waals surface area contributed by atoms with Crippen molar-refractivity contribution in [3.8, 4) is 0 Å². The number of hydrogen-bond donors (Lipinski definition) is 2. The Labute approximate surface area is 143 Å². The third-order valence-electron chi connectivity index (χ3n) is 3.69. The van der Waals surface area contributed by atoms with Gasteiger partial charge in [0, 0.05) is 43.3 Å². The Balaban J connectivity index is 1.73. The quantitative estimate of drug-likeness (QED) is 0.477. The molecule has 1 saturated heterocycles.